The van der Waals surface area contributed by atoms with Crippen LogP contribution < -0.4 is 0 Å². The first-order valence-corrected chi connectivity index (χ1v) is 6.78. The Morgan fingerprint density at radius 3 is 2.81 bits per heavy atom. The van der Waals surface area contributed by atoms with Crippen LogP contribution in [0.15, 0.2) is 30.9 Å². The maximum atomic E-state index is 14.2. The molecule has 0 unspecified atom stereocenters. The summed E-state index contributed by atoms with van der Waals surface area (Å²) in [4.78, 5) is 27.8. The first-order chi connectivity index (χ1) is 10.1. The minimum atomic E-state index is -0.764. The van der Waals surface area contributed by atoms with Crippen molar-refractivity contribution < 1.29 is 14.0 Å². The van der Waals surface area contributed by atoms with E-state index in [2.05, 4.69) is 10.1 Å². The van der Waals surface area contributed by atoms with Crippen molar-refractivity contribution in [3.63, 3.8) is 0 Å². The number of hydrogen-bond donors (Lipinski definition) is 0. The van der Waals surface area contributed by atoms with Gasteiger partial charge >= 0.3 is 0 Å². The third kappa shape index (κ3) is 2.47. The average Bonchev–Trinajstić information content (AvgIpc) is 2.91. The number of rotatable bonds is 2. The Balaban J connectivity index is 2.12. The van der Waals surface area contributed by atoms with E-state index >= 15 is 0 Å². The Morgan fingerprint density at radius 1 is 1.33 bits per heavy atom. The van der Waals surface area contributed by atoms with Crippen LogP contribution in [0.4, 0.5) is 4.39 Å². The second-order valence-electron chi connectivity index (χ2n) is 4.95. The second kappa shape index (κ2) is 5.37. The molecule has 0 aliphatic heterocycles. The molecule has 1 saturated carbocycles. The van der Waals surface area contributed by atoms with Gasteiger partial charge in [-0.3, -0.25) is 9.59 Å². The SMILES string of the molecule is O=C1CC(=O)[C@H](n2cncn2)[C@H](c2c(F)cccc2Cl)C1. The lowest BCUT2D eigenvalue weighted by atomic mass is 9.78. The van der Waals surface area contributed by atoms with Crippen LogP contribution in [0.25, 0.3) is 0 Å². The number of Topliss-reactive ketones (excluding diaryl/α,β-unsaturated/α-hetero) is 2. The van der Waals surface area contributed by atoms with Crippen molar-refractivity contribution in [3.05, 3.63) is 47.3 Å². The predicted molar refractivity (Wildman–Crippen MR) is 72.5 cm³/mol. The van der Waals surface area contributed by atoms with E-state index < -0.39 is 17.8 Å². The largest absolute Gasteiger partial charge is 0.299 e. The quantitative estimate of drug-likeness (QED) is 0.799. The number of halogens is 2. The van der Waals surface area contributed by atoms with Crippen molar-refractivity contribution in [2.45, 2.75) is 24.8 Å². The lowest BCUT2D eigenvalue weighted by molar-refractivity contribution is -0.133. The minimum Gasteiger partial charge on any atom is -0.299 e. The Hall–Kier alpha value is -2.08. The van der Waals surface area contributed by atoms with Crippen LogP contribution >= 0.6 is 11.6 Å². The molecule has 0 saturated heterocycles. The summed E-state index contributed by atoms with van der Waals surface area (Å²) < 4.78 is 15.5. The number of carbonyl (C=O) groups excluding carboxylic acids is 2. The van der Waals surface area contributed by atoms with Gasteiger partial charge in [0.15, 0.2) is 5.78 Å². The summed E-state index contributed by atoms with van der Waals surface area (Å²) in [5.41, 5.74) is 0.182. The fraction of sp³-hybridized carbons (Fsp3) is 0.286. The van der Waals surface area contributed by atoms with Crippen molar-refractivity contribution in [1.29, 1.82) is 0 Å². The first-order valence-electron chi connectivity index (χ1n) is 6.40. The van der Waals surface area contributed by atoms with Gasteiger partial charge in [-0.05, 0) is 12.1 Å². The summed E-state index contributed by atoms with van der Waals surface area (Å²) in [5.74, 6) is -1.73. The third-order valence-corrected chi connectivity index (χ3v) is 3.95. The molecule has 0 radical (unpaired) electrons. The topological polar surface area (TPSA) is 64.8 Å². The number of ketones is 2. The van der Waals surface area contributed by atoms with Gasteiger partial charge in [0.05, 0.1) is 6.42 Å². The molecule has 2 aromatic rings. The highest BCUT2D eigenvalue weighted by atomic mass is 35.5. The Morgan fingerprint density at radius 2 is 2.14 bits per heavy atom. The smallest absolute Gasteiger partial charge is 0.165 e. The maximum Gasteiger partial charge on any atom is 0.165 e. The van der Waals surface area contributed by atoms with Gasteiger partial charge in [0.25, 0.3) is 0 Å². The molecule has 0 N–H and O–H groups in total. The molecule has 1 fully saturated rings. The van der Waals surface area contributed by atoms with Crippen LogP contribution in [0, 0.1) is 5.82 Å². The zero-order chi connectivity index (χ0) is 15.0. The average molecular weight is 308 g/mol. The normalized spacial score (nSPS) is 22.6. The van der Waals surface area contributed by atoms with E-state index in [1.54, 1.807) is 6.07 Å². The molecule has 2 atom stereocenters. The molecule has 21 heavy (non-hydrogen) atoms. The third-order valence-electron chi connectivity index (χ3n) is 3.62. The molecule has 0 bridgehead atoms. The van der Waals surface area contributed by atoms with Crippen molar-refractivity contribution in [2.75, 3.05) is 0 Å². The van der Waals surface area contributed by atoms with Gasteiger partial charge in [-0.1, -0.05) is 17.7 Å². The second-order valence-corrected chi connectivity index (χ2v) is 5.36. The Labute approximate surface area is 124 Å². The lowest BCUT2D eigenvalue weighted by Gasteiger charge is -2.30. The van der Waals surface area contributed by atoms with E-state index in [1.807, 2.05) is 0 Å². The molecular formula is C14H11ClFN3O2. The standard InChI is InChI=1S/C14H11ClFN3O2/c15-10-2-1-3-11(16)13(10)9-4-8(20)5-12(21)14(9)19-7-17-6-18-19/h1-3,6-7,9,14H,4-5H2/t9-,14+/m0/s1. The minimum absolute atomic E-state index is 0.0525. The molecular weight excluding hydrogens is 297 g/mol. The number of benzene rings is 1. The monoisotopic (exact) mass is 307 g/mol. The van der Waals surface area contributed by atoms with E-state index in [4.69, 9.17) is 11.6 Å². The lowest BCUT2D eigenvalue weighted by Crippen LogP contribution is -2.35. The van der Waals surface area contributed by atoms with Crippen molar-refractivity contribution in [1.82, 2.24) is 14.8 Å². The molecule has 7 heteroatoms. The zero-order valence-corrected chi connectivity index (χ0v) is 11.6. The highest BCUT2D eigenvalue weighted by Crippen LogP contribution is 2.41. The fourth-order valence-electron chi connectivity index (χ4n) is 2.77. The van der Waals surface area contributed by atoms with Gasteiger partial charge in [0.1, 0.15) is 30.3 Å². The van der Waals surface area contributed by atoms with Gasteiger partial charge < -0.3 is 0 Å². The number of nitrogens with zero attached hydrogens (tertiary/aromatic N) is 3. The molecule has 1 aromatic carbocycles. The van der Waals surface area contributed by atoms with E-state index in [9.17, 15) is 14.0 Å². The summed E-state index contributed by atoms with van der Waals surface area (Å²) >= 11 is 6.08. The summed E-state index contributed by atoms with van der Waals surface area (Å²) in [6.45, 7) is 0. The first kappa shape index (κ1) is 13.9. The molecule has 0 amide bonds. The fourth-order valence-corrected chi connectivity index (χ4v) is 3.07. The molecule has 1 aliphatic rings. The molecule has 5 nitrogen and oxygen atoms in total. The number of aromatic nitrogens is 3. The molecule has 1 aromatic heterocycles. The molecule has 1 aliphatic carbocycles. The summed E-state index contributed by atoms with van der Waals surface area (Å²) in [7, 11) is 0. The van der Waals surface area contributed by atoms with Crippen LogP contribution in [0.2, 0.25) is 5.02 Å². The number of carbonyl (C=O) groups is 2. The van der Waals surface area contributed by atoms with Gasteiger partial charge in [0, 0.05) is 22.9 Å². The van der Waals surface area contributed by atoms with Gasteiger partial charge in [-0.25, -0.2) is 14.1 Å². The molecule has 1 heterocycles. The maximum absolute atomic E-state index is 14.2. The van der Waals surface area contributed by atoms with Crippen LogP contribution in [-0.2, 0) is 9.59 Å². The Kier molecular flexibility index (Phi) is 3.55. The van der Waals surface area contributed by atoms with E-state index in [0.29, 0.717) is 0 Å². The van der Waals surface area contributed by atoms with Crippen LogP contribution in [-0.4, -0.2) is 26.3 Å². The predicted octanol–water partition coefficient (Wildman–Crippen LogP) is 2.33. The summed E-state index contributed by atoms with van der Waals surface area (Å²) in [6, 6.07) is 3.53. The zero-order valence-electron chi connectivity index (χ0n) is 10.9. The number of hydrogen-bond acceptors (Lipinski definition) is 4. The van der Waals surface area contributed by atoms with Crippen LogP contribution in [0.5, 0.6) is 0 Å². The van der Waals surface area contributed by atoms with Gasteiger partial charge in [-0.2, -0.15) is 5.10 Å². The van der Waals surface area contributed by atoms with E-state index in [-0.39, 0.29) is 35.0 Å². The van der Waals surface area contributed by atoms with E-state index in [1.165, 1.54) is 29.5 Å². The van der Waals surface area contributed by atoms with Crippen molar-refractivity contribution >= 4 is 23.2 Å². The van der Waals surface area contributed by atoms with Crippen molar-refractivity contribution in [3.8, 4) is 0 Å². The molecule has 108 valence electrons. The van der Waals surface area contributed by atoms with Gasteiger partial charge in [0.2, 0.25) is 0 Å². The van der Waals surface area contributed by atoms with Crippen molar-refractivity contribution in [2.24, 2.45) is 0 Å². The Bertz CT molecular complexity index is 682. The molecule has 3 rings (SSSR count). The van der Waals surface area contributed by atoms with Crippen LogP contribution in [0.1, 0.15) is 30.4 Å². The van der Waals surface area contributed by atoms with Gasteiger partial charge in [-0.15, -0.1) is 0 Å². The summed E-state index contributed by atoms with van der Waals surface area (Å²) in [6.07, 6.45) is 2.56. The van der Waals surface area contributed by atoms with E-state index in [0.717, 1.165) is 0 Å². The summed E-state index contributed by atoms with van der Waals surface area (Å²) in [5, 5.41) is 4.16. The van der Waals surface area contributed by atoms with Crippen LogP contribution in [0.3, 0.4) is 0 Å². The molecule has 0 spiro atoms. The highest BCUT2D eigenvalue weighted by molar-refractivity contribution is 6.31. The highest BCUT2D eigenvalue weighted by Gasteiger charge is 2.40.